The van der Waals surface area contributed by atoms with Crippen LogP contribution in [0.25, 0.3) is 0 Å². The van der Waals surface area contributed by atoms with Gasteiger partial charge >= 0.3 is 0 Å². The van der Waals surface area contributed by atoms with Gasteiger partial charge in [-0.15, -0.1) is 5.73 Å². The Labute approximate surface area is 54.3 Å². The first kappa shape index (κ1) is 6.55. The fraction of sp³-hybridized carbons (Fsp3) is 0.400. The van der Waals surface area contributed by atoms with Gasteiger partial charge in [-0.1, -0.05) is 6.58 Å². The summed E-state index contributed by atoms with van der Waals surface area (Å²) < 4.78 is 22.9. The first-order valence-corrected chi connectivity index (χ1v) is 4.03. The molecule has 1 aliphatic heterocycles. The summed E-state index contributed by atoms with van der Waals surface area (Å²) in [4.78, 5) is 0. The van der Waals surface area contributed by atoms with Gasteiger partial charge in [-0.25, -0.2) is 8.42 Å². The van der Waals surface area contributed by atoms with Gasteiger partial charge in [0, 0.05) is 13.1 Å². The van der Waals surface area contributed by atoms with E-state index in [0.717, 1.165) is 5.41 Å². The monoisotopic (exact) mass is 145 g/mol. The molecule has 0 spiro atoms. The smallest absolute Gasteiger partial charge is 0.207 e. The maximum absolute atomic E-state index is 10.8. The minimum absolute atomic E-state index is 0.639. The SMILES string of the molecule is C=C=CS(=O)(=O)N1CC1. The van der Waals surface area contributed by atoms with Crippen molar-refractivity contribution in [2.75, 3.05) is 13.1 Å². The fourth-order valence-electron chi connectivity index (χ4n) is 0.475. The molecule has 4 heteroatoms. The number of rotatable bonds is 2. The normalized spacial score (nSPS) is 18.7. The van der Waals surface area contributed by atoms with E-state index in [4.69, 9.17) is 0 Å². The predicted octanol–water partition coefficient (Wildman–Crippen LogP) is -0.0696. The topological polar surface area (TPSA) is 37.1 Å². The molecule has 1 fully saturated rings. The molecule has 1 rings (SSSR count). The molecule has 1 saturated heterocycles. The van der Waals surface area contributed by atoms with E-state index in [1.165, 1.54) is 4.31 Å². The lowest BCUT2D eigenvalue weighted by Gasteiger charge is -1.91. The quantitative estimate of drug-likeness (QED) is 0.403. The summed E-state index contributed by atoms with van der Waals surface area (Å²) in [6, 6.07) is 0. The van der Waals surface area contributed by atoms with Crippen molar-refractivity contribution >= 4 is 10.0 Å². The number of sulfonamides is 1. The van der Waals surface area contributed by atoms with Gasteiger partial charge in [-0.2, -0.15) is 4.31 Å². The Hall–Kier alpha value is -0.570. The summed E-state index contributed by atoms with van der Waals surface area (Å²) in [5, 5.41) is 0.986. The van der Waals surface area contributed by atoms with E-state index in [1.54, 1.807) is 0 Å². The summed E-state index contributed by atoms with van der Waals surface area (Å²) in [5.41, 5.74) is 2.22. The van der Waals surface area contributed by atoms with Crippen molar-refractivity contribution in [2.24, 2.45) is 0 Å². The lowest BCUT2D eigenvalue weighted by Crippen LogP contribution is -2.06. The first-order valence-electron chi connectivity index (χ1n) is 2.53. The second-order valence-electron chi connectivity index (χ2n) is 1.77. The van der Waals surface area contributed by atoms with Crippen molar-refractivity contribution in [3.05, 3.63) is 17.7 Å². The van der Waals surface area contributed by atoms with Gasteiger partial charge in [-0.3, -0.25) is 0 Å². The molecule has 0 unspecified atom stereocenters. The van der Waals surface area contributed by atoms with E-state index in [9.17, 15) is 8.42 Å². The summed E-state index contributed by atoms with van der Waals surface area (Å²) in [7, 11) is -3.10. The molecular formula is C5H7NO2S. The number of hydrogen-bond acceptors (Lipinski definition) is 2. The first-order chi connectivity index (χ1) is 4.17. The van der Waals surface area contributed by atoms with Crippen molar-refractivity contribution < 1.29 is 8.42 Å². The average Bonchev–Trinajstić information content (AvgIpc) is 2.41. The fourth-order valence-corrected chi connectivity index (χ4v) is 1.43. The zero-order valence-corrected chi connectivity index (χ0v) is 5.69. The van der Waals surface area contributed by atoms with Crippen LogP contribution in [0, 0.1) is 0 Å². The number of hydrogen-bond donors (Lipinski definition) is 0. The Morgan fingerprint density at radius 2 is 2.11 bits per heavy atom. The van der Waals surface area contributed by atoms with Gasteiger partial charge in [0.25, 0.3) is 0 Å². The van der Waals surface area contributed by atoms with E-state index in [0.29, 0.717) is 13.1 Å². The van der Waals surface area contributed by atoms with Gasteiger partial charge in [0.2, 0.25) is 10.0 Å². The molecular weight excluding hydrogens is 138 g/mol. The van der Waals surface area contributed by atoms with Crippen LogP contribution in [0.2, 0.25) is 0 Å². The van der Waals surface area contributed by atoms with Crippen molar-refractivity contribution in [1.29, 1.82) is 0 Å². The number of nitrogens with zero attached hydrogens (tertiary/aromatic N) is 1. The Bertz CT molecular complexity index is 244. The molecule has 3 nitrogen and oxygen atoms in total. The highest BCUT2D eigenvalue weighted by Crippen LogP contribution is 2.11. The molecule has 0 saturated carbocycles. The Morgan fingerprint density at radius 3 is 2.44 bits per heavy atom. The zero-order chi connectivity index (χ0) is 6.91. The van der Waals surface area contributed by atoms with Crippen LogP contribution in [0.3, 0.4) is 0 Å². The zero-order valence-electron chi connectivity index (χ0n) is 4.87. The lowest BCUT2D eigenvalue weighted by atomic mass is 11.0. The minimum atomic E-state index is -3.10. The Balaban J connectivity index is 2.84. The molecule has 0 atom stereocenters. The molecule has 1 aliphatic rings. The van der Waals surface area contributed by atoms with Crippen LogP contribution in [-0.4, -0.2) is 25.8 Å². The second kappa shape index (κ2) is 1.99. The highest BCUT2D eigenvalue weighted by atomic mass is 32.2. The van der Waals surface area contributed by atoms with Crippen LogP contribution in [0.1, 0.15) is 0 Å². The van der Waals surface area contributed by atoms with E-state index in [-0.39, 0.29) is 0 Å². The molecule has 50 valence electrons. The summed E-state index contributed by atoms with van der Waals surface area (Å²) in [5.74, 6) is 0. The molecule has 0 bridgehead atoms. The maximum atomic E-state index is 10.8. The Morgan fingerprint density at radius 1 is 1.56 bits per heavy atom. The van der Waals surface area contributed by atoms with Crippen molar-refractivity contribution in [2.45, 2.75) is 0 Å². The van der Waals surface area contributed by atoms with Gasteiger partial charge in [0.05, 0.1) is 5.41 Å². The van der Waals surface area contributed by atoms with Gasteiger partial charge < -0.3 is 0 Å². The maximum Gasteiger partial charge on any atom is 0.243 e. The van der Waals surface area contributed by atoms with Crippen molar-refractivity contribution in [1.82, 2.24) is 4.31 Å². The molecule has 1 heterocycles. The Kier molecular flexibility index (Phi) is 1.45. The highest BCUT2D eigenvalue weighted by Gasteiger charge is 2.29. The highest BCUT2D eigenvalue weighted by molar-refractivity contribution is 7.92. The molecule has 9 heavy (non-hydrogen) atoms. The van der Waals surface area contributed by atoms with Gasteiger partial charge in [-0.05, 0) is 0 Å². The van der Waals surface area contributed by atoms with Crippen LogP contribution in [0.15, 0.2) is 17.7 Å². The summed E-state index contributed by atoms with van der Waals surface area (Å²) in [6.07, 6.45) is 0. The lowest BCUT2D eigenvalue weighted by molar-refractivity contribution is 0.573. The molecule has 0 aliphatic carbocycles. The standard InChI is InChI=1S/C5H7NO2S/c1-2-5-9(7,8)6-3-4-6/h5H,1,3-4H2. The largest absolute Gasteiger partial charge is 0.243 e. The average molecular weight is 145 g/mol. The molecule has 0 aromatic rings. The summed E-state index contributed by atoms with van der Waals surface area (Å²) in [6.45, 7) is 4.45. The van der Waals surface area contributed by atoms with E-state index in [1.807, 2.05) is 0 Å². The van der Waals surface area contributed by atoms with Crippen LogP contribution in [0.5, 0.6) is 0 Å². The van der Waals surface area contributed by atoms with Gasteiger partial charge in [0.1, 0.15) is 0 Å². The van der Waals surface area contributed by atoms with Crippen LogP contribution < -0.4 is 0 Å². The third kappa shape index (κ3) is 1.42. The van der Waals surface area contributed by atoms with E-state index >= 15 is 0 Å². The van der Waals surface area contributed by atoms with E-state index in [2.05, 4.69) is 12.3 Å². The molecule has 0 aromatic carbocycles. The second-order valence-corrected chi connectivity index (χ2v) is 3.55. The van der Waals surface area contributed by atoms with E-state index < -0.39 is 10.0 Å². The van der Waals surface area contributed by atoms with Crippen molar-refractivity contribution in [3.8, 4) is 0 Å². The molecule has 0 N–H and O–H groups in total. The van der Waals surface area contributed by atoms with Crippen molar-refractivity contribution in [3.63, 3.8) is 0 Å². The summed E-state index contributed by atoms with van der Waals surface area (Å²) >= 11 is 0. The van der Waals surface area contributed by atoms with Crippen LogP contribution >= 0.6 is 0 Å². The van der Waals surface area contributed by atoms with Crippen LogP contribution in [-0.2, 0) is 10.0 Å². The molecule has 0 aromatic heterocycles. The van der Waals surface area contributed by atoms with Gasteiger partial charge in [0.15, 0.2) is 0 Å². The molecule has 0 amide bonds. The minimum Gasteiger partial charge on any atom is -0.207 e. The molecule has 0 radical (unpaired) electrons. The third-order valence-corrected chi connectivity index (χ3v) is 2.55. The third-order valence-electron chi connectivity index (χ3n) is 0.998. The predicted molar refractivity (Wildman–Crippen MR) is 34.2 cm³/mol. The van der Waals surface area contributed by atoms with Crippen LogP contribution in [0.4, 0.5) is 0 Å².